The molecule has 0 aliphatic heterocycles. The third kappa shape index (κ3) is 3.18. The summed E-state index contributed by atoms with van der Waals surface area (Å²) in [4.78, 5) is 12.0. The third-order valence-corrected chi connectivity index (χ3v) is 3.54. The van der Waals surface area contributed by atoms with E-state index in [0.29, 0.717) is 5.56 Å². The van der Waals surface area contributed by atoms with Crippen molar-refractivity contribution < 1.29 is 9.90 Å². The van der Waals surface area contributed by atoms with Crippen LogP contribution in [0.15, 0.2) is 24.3 Å². The van der Waals surface area contributed by atoms with Crippen LogP contribution >= 0.6 is 22.6 Å². The fourth-order valence-electron chi connectivity index (χ4n) is 1.11. The zero-order valence-corrected chi connectivity index (χ0v) is 11.8. The Balaban J connectivity index is 2.85. The first-order valence-corrected chi connectivity index (χ1v) is 6.17. The summed E-state index contributed by atoms with van der Waals surface area (Å²) in [6, 6.07) is 7.37. The lowest BCUT2D eigenvalue weighted by Crippen LogP contribution is -2.51. The topological polar surface area (TPSA) is 49.3 Å². The lowest BCUT2D eigenvalue weighted by Gasteiger charge is -2.29. The van der Waals surface area contributed by atoms with Gasteiger partial charge in [-0.2, -0.15) is 0 Å². The van der Waals surface area contributed by atoms with Crippen LogP contribution in [0, 0.1) is 3.57 Å². The zero-order valence-electron chi connectivity index (χ0n) is 9.62. The third-order valence-electron chi connectivity index (χ3n) is 2.60. The average molecular weight is 333 g/mol. The van der Waals surface area contributed by atoms with Crippen molar-refractivity contribution in [2.24, 2.45) is 0 Å². The molecule has 16 heavy (non-hydrogen) atoms. The van der Waals surface area contributed by atoms with Crippen molar-refractivity contribution in [1.82, 2.24) is 5.32 Å². The summed E-state index contributed by atoms with van der Waals surface area (Å²) < 4.78 is 0.902. The number of halogens is 1. The number of carbonyl (C=O) groups excluding carboxylic acids is 1. The van der Waals surface area contributed by atoms with E-state index in [0.717, 1.165) is 3.57 Å². The van der Waals surface area contributed by atoms with Gasteiger partial charge in [0, 0.05) is 3.57 Å². The van der Waals surface area contributed by atoms with Crippen molar-refractivity contribution >= 4 is 28.5 Å². The number of rotatable bonds is 3. The molecule has 1 amide bonds. The van der Waals surface area contributed by atoms with Gasteiger partial charge in [-0.25, -0.2) is 0 Å². The Hall–Kier alpha value is -0.620. The molecule has 0 heterocycles. The number of carbonyl (C=O) groups is 1. The number of hydrogen-bond acceptors (Lipinski definition) is 2. The predicted molar refractivity (Wildman–Crippen MR) is 72.4 cm³/mol. The Kier molecular flexibility index (Phi) is 4.32. The fraction of sp³-hybridized carbons (Fsp3) is 0.417. The number of hydrogen-bond donors (Lipinski definition) is 2. The maximum atomic E-state index is 12.0. The van der Waals surface area contributed by atoms with E-state index in [9.17, 15) is 9.90 Å². The van der Waals surface area contributed by atoms with Gasteiger partial charge in [0.25, 0.3) is 5.91 Å². The van der Waals surface area contributed by atoms with E-state index in [-0.39, 0.29) is 5.91 Å². The maximum absolute atomic E-state index is 12.0. The summed E-state index contributed by atoms with van der Waals surface area (Å²) in [5, 5.41) is 12.3. The zero-order chi connectivity index (χ0) is 12.3. The molecule has 1 unspecified atom stereocenters. The number of amides is 1. The monoisotopic (exact) mass is 333 g/mol. The molecule has 0 radical (unpaired) electrons. The van der Waals surface area contributed by atoms with E-state index < -0.39 is 11.6 Å². The molecule has 0 aromatic heterocycles. The second-order valence-electron chi connectivity index (χ2n) is 4.33. The fourth-order valence-corrected chi connectivity index (χ4v) is 1.74. The summed E-state index contributed by atoms with van der Waals surface area (Å²) in [5.41, 5.74) is 0.00699. The Morgan fingerprint density at radius 1 is 1.44 bits per heavy atom. The normalized spacial score (nSPS) is 13.3. The molecule has 0 aliphatic rings. The average Bonchev–Trinajstić information content (AvgIpc) is 2.17. The van der Waals surface area contributed by atoms with Crippen LogP contribution < -0.4 is 5.32 Å². The van der Waals surface area contributed by atoms with Gasteiger partial charge in [0.2, 0.25) is 0 Å². The van der Waals surface area contributed by atoms with E-state index in [1.165, 1.54) is 0 Å². The Labute approximate surface area is 109 Å². The molecule has 0 saturated carbocycles. The van der Waals surface area contributed by atoms with E-state index in [1.807, 2.05) is 18.2 Å². The van der Waals surface area contributed by atoms with Crippen LogP contribution in [0.3, 0.4) is 0 Å². The SMILES string of the molecule is CC(O)C(C)(C)NC(=O)c1ccccc1I. The predicted octanol–water partition coefficient (Wildman–Crippen LogP) is 2.18. The van der Waals surface area contributed by atoms with Crippen LogP contribution in [-0.2, 0) is 0 Å². The summed E-state index contributed by atoms with van der Waals surface area (Å²) in [6.07, 6.45) is -0.599. The maximum Gasteiger partial charge on any atom is 0.252 e. The van der Waals surface area contributed by atoms with Crippen LogP contribution in [0.4, 0.5) is 0 Å². The smallest absolute Gasteiger partial charge is 0.252 e. The van der Waals surface area contributed by atoms with Crippen molar-refractivity contribution in [1.29, 1.82) is 0 Å². The van der Waals surface area contributed by atoms with Crippen LogP contribution in [0.25, 0.3) is 0 Å². The molecule has 1 aromatic rings. The van der Waals surface area contributed by atoms with Gasteiger partial charge in [-0.3, -0.25) is 4.79 Å². The number of benzene rings is 1. The molecular weight excluding hydrogens is 317 g/mol. The van der Waals surface area contributed by atoms with Crippen molar-refractivity contribution in [3.05, 3.63) is 33.4 Å². The first-order valence-electron chi connectivity index (χ1n) is 5.09. The standard InChI is InChI=1S/C12H16INO2/c1-8(15)12(2,3)14-11(16)9-6-4-5-7-10(9)13/h4-8,15H,1-3H3,(H,14,16). The quantitative estimate of drug-likeness (QED) is 0.833. The molecular formula is C12H16INO2. The van der Waals surface area contributed by atoms with Crippen LogP contribution in [0.5, 0.6) is 0 Å². The van der Waals surface area contributed by atoms with Crippen molar-refractivity contribution in [3.8, 4) is 0 Å². The largest absolute Gasteiger partial charge is 0.391 e. The molecule has 0 aliphatic carbocycles. The van der Waals surface area contributed by atoms with Crippen LogP contribution in [-0.4, -0.2) is 22.7 Å². The highest BCUT2D eigenvalue weighted by molar-refractivity contribution is 14.1. The van der Waals surface area contributed by atoms with Gasteiger partial charge >= 0.3 is 0 Å². The summed E-state index contributed by atoms with van der Waals surface area (Å²) >= 11 is 2.12. The van der Waals surface area contributed by atoms with E-state index in [1.54, 1.807) is 26.8 Å². The van der Waals surface area contributed by atoms with E-state index in [2.05, 4.69) is 27.9 Å². The molecule has 0 saturated heterocycles. The minimum Gasteiger partial charge on any atom is -0.391 e. The number of aliphatic hydroxyl groups excluding tert-OH is 1. The molecule has 2 N–H and O–H groups in total. The highest BCUT2D eigenvalue weighted by atomic mass is 127. The second kappa shape index (κ2) is 5.14. The lowest BCUT2D eigenvalue weighted by atomic mass is 9.98. The number of nitrogens with one attached hydrogen (secondary N) is 1. The van der Waals surface area contributed by atoms with Crippen LogP contribution in [0.1, 0.15) is 31.1 Å². The van der Waals surface area contributed by atoms with E-state index >= 15 is 0 Å². The molecule has 1 aromatic carbocycles. The first-order chi connectivity index (χ1) is 7.34. The molecule has 1 atom stereocenters. The molecule has 0 fully saturated rings. The Bertz CT molecular complexity index is 388. The van der Waals surface area contributed by atoms with Gasteiger partial charge in [0.1, 0.15) is 0 Å². The summed E-state index contributed by atoms with van der Waals surface area (Å²) in [5.74, 6) is -0.157. The first kappa shape index (κ1) is 13.4. The molecule has 3 nitrogen and oxygen atoms in total. The molecule has 0 bridgehead atoms. The molecule has 4 heteroatoms. The van der Waals surface area contributed by atoms with Gasteiger partial charge in [-0.15, -0.1) is 0 Å². The molecule has 1 rings (SSSR count). The van der Waals surface area contributed by atoms with Gasteiger partial charge < -0.3 is 10.4 Å². The Morgan fingerprint density at radius 2 is 2.00 bits per heavy atom. The highest BCUT2D eigenvalue weighted by Crippen LogP contribution is 2.14. The van der Waals surface area contributed by atoms with Gasteiger partial charge in [-0.1, -0.05) is 12.1 Å². The minimum absolute atomic E-state index is 0.157. The van der Waals surface area contributed by atoms with E-state index in [4.69, 9.17) is 0 Å². The second-order valence-corrected chi connectivity index (χ2v) is 5.49. The van der Waals surface area contributed by atoms with Gasteiger partial charge in [0.05, 0.1) is 17.2 Å². The van der Waals surface area contributed by atoms with Crippen molar-refractivity contribution in [3.63, 3.8) is 0 Å². The molecule has 88 valence electrons. The van der Waals surface area contributed by atoms with Crippen molar-refractivity contribution in [2.45, 2.75) is 32.4 Å². The number of aliphatic hydroxyl groups is 1. The lowest BCUT2D eigenvalue weighted by molar-refractivity contribution is 0.0708. The summed E-state index contributed by atoms with van der Waals surface area (Å²) in [7, 11) is 0. The molecule has 0 spiro atoms. The van der Waals surface area contributed by atoms with Crippen LogP contribution in [0.2, 0.25) is 0 Å². The minimum atomic E-state index is -0.629. The Morgan fingerprint density at radius 3 is 2.50 bits per heavy atom. The van der Waals surface area contributed by atoms with Gasteiger partial charge in [-0.05, 0) is 55.5 Å². The highest BCUT2D eigenvalue weighted by Gasteiger charge is 2.26. The summed E-state index contributed by atoms with van der Waals surface area (Å²) in [6.45, 7) is 5.26. The van der Waals surface area contributed by atoms with Gasteiger partial charge in [0.15, 0.2) is 0 Å². The van der Waals surface area contributed by atoms with Crippen molar-refractivity contribution in [2.75, 3.05) is 0 Å².